The highest BCUT2D eigenvalue weighted by atomic mass is 19.1. The summed E-state index contributed by atoms with van der Waals surface area (Å²) in [7, 11) is 2.02. The van der Waals surface area contributed by atoms with Crippen molar-refractivity contribution in [2.75, 3.05) is 32.4 Å². The Morgan fingerprint density at radius 3 is 2.79 bits per heavy atom. The summed E-state index contributed by atoms with van der Waals surface area (Å²) in [5, 5.41) is 0. The van der Waals surface area contributed by atoms with Crippen molar-refractivity contribution in [1.29, 1.82) is 0 Å². The number of hydrogen-bond donors (Lipinski definition) is 1. The van der Waals surface area contributed by atoms with Crippen LogP contribution < -0.4 is 5.73 Å². The van der Waals surface area contributed by atoms with Gasteiger partial charge >= 0.3 is 0 Å². The molecule has 2 N–H and O–H groups in total. The van der Waals surface area contributed by atoms with E-state index in [1.165, 1.54) is 12.3 Å². The highest BCUT2D eigenvalue weighted by Crippen LogP contribution is 2.22. The molecule has 1 aliphatic heterocycles. The van der Waals surface area contributed by atoms with E-state index in [1.54, 1.807) is 4.90 Å². The smallest absolute Gasteiger partial charge is 0.257 e. The quantitative estimate of drug-likeness (QED) is 0.822. The minimum Gasteiger partial charge on any atom is -0.381 e. The van der Waals surface area contributed by atoms with Gasteiger partial charge in [0.2, 0.25) is 0 Å². The SMILES string of the molecule is CN1CCN(C(=O)c2ccnc(N)c2F)CC1(C)C. The molecule has 0 aliphatic carbocycles. The summed E-state index contributed by atoms with van der Waals surface area (Å²) in [4.78, 5) is 19.8. The Bertz CT molecular complexity index is 503. The van der Waals surface area contributed by atoms with Crippen molar-refractivity contribution in [3.8, 4) is 0 Å². The van der Waals surface area contributed by atoms with Gasteiger partial charge < -0.3 is 10.6 Å². The maximum Gasteiger partial charge on any atom is 0.257 e. The van der Waals surface area contributed by atoms with Gasteiger partial charge in [0, 0.05) is 31.4 Å². The van der Waals surface area contributed by atoms with Gasteiger partial charge in [0.25, 0.3) is 5.91 Å². The third-order valence-corrected chi connectivity index (χ3v) is 3.75. The van der Waals surface area contributed by atoms with E-state index in [0.29, 0.717) is 13.1 Å². The molecule has 0 unspecified atom stereocenters. The Morgan fingerprint density at radius 1 is 1.47 bits per heavy atom. The summed E-state index contributed by atoms with van der Waals surface area (Å²) < 4.78 is 13.8. The van der Waals surface area contributed by atoms with E-state index in [4.69, 9.17) is 5.73 Å². The largest absolute Gasteiger partial charge is 0.381 e. The number of nitrogens with two attached hydrogens (primary N) is 1. The summed E-state index contributed by atoms with van der Waals surface area (Å²) in [5.41, 5.74) is 5.27. The summed E-state index contributed by atoms with van der Waals surface area (Å²) in [6, 6.07) is 1.37. The number of rotatable bonds is 1. The van der Waals surface area contributed by atoms with Gasteiger partial charge in [-0.2, -0.15) is 0 Å². The molecule has 0 saturated carbocycles. The highest BCUT2D eigenvalue weighted by Gasteiger charge is 2.34. The molecule has 1 aromatic heterocycles. The number of hydrogen-bond acceptors (Lipinski definition) is 4. The van der Waals surface area contributed by atoms with Gasteiger partial charge in [-0.1, -0.05) is 0 Å². The van der Waals surface area contributed by atoms with Gasteiger partial charge in [-0.25, -0.2) is 9.37 Å². The van der Waals surface area contributed by atoms with Crippen LogP contribution in [0.4, 0.5) is 10.2 Å². The average Bonchev–Trinajstić information content (AvgIpc) is 2.35. The molecule has 1 aliphatic rings. The minimum atomic E-state index is -0.732. The molecule has 0 atom stereocenters. The normalized spacial score (nSPS) is 19.5. The van der Waals surface area contributed by atoms with Gasteiger partial charge in [0.05, 0.1) is 5.56 Å². The summed E-state index contributed by atoms with van der Waals surface area (Å²) in [5.74, 6) is -1.30. The molecule has 0 radical (unpaired) electrons. The topological polar surface area (TPSA) is 62.5 Å². The minimum absolute atomic E-state index is 0.00662. The number of carbonyl (C=O) groups excluding carboxylic acids is 1. The molecule has 104 valence electrons. The number of likely N-dealkylation sites (N-methyl/N-ethyl adjacent to an activating group) is 1. The zero-order valence-corrected chi connectivity index (χ0v) is 11.5. The maximum atomic E-state index is 13.8. The molecule has 1 amide bonds. The highest BCUT2D eigenvalue weighted by molar-refractivity contribution is 5.95. The first kappa shape index (κ1) is 13.7. The van der Waals surface area contributed by atoms with Crippen LogP contribution in [0, 0.1) is 5.82 Å². The van der Waals surface area contributed by atoms with Crippen LogP contribution in [-0.2, 0) is 0 Å². The lowest BCUT2D eigenvalue weighted by Gasteiger charge is -2.45. The summed E-state index contributed by atoms with van der Waals surface area (Å²) in [6.45, 7) is 6.03. The second kappa shape index (κ2) is 4.77. The Kier molecular flexibility index (Phi) is 3.45. The molecule has 2 heterocycles. The number of piperazine rings is 1. The van der Waals surface area contributed by atoms with Crippen molar-refractivity contribution in [2.45, 2.75) is 19.4 Å². The number of pyridine rings is 1. The molecule has 0 spiro atoms. The van der Waals surface area contributed by atoms with E-state index in [2.05, 4.69) is 23.7 Å². The van der Waals surface area contributed by atoms with Gasteiger partial charge in [0.1, 0.15) is 0 Å². The van der Waals surface area contributed by atoms with E-state index in [9.17, 15) is 9.18 Å². The number of anilines is 1. The molecule has 1 fully saturated rings. The summed E-state index contributed by atoms with van der Waals surface area (Å²) in [6.07, 6.45) is 1.35. The number of halogens is 1. The Labute approximate surface area is 112 Å². The molecule has 1 aromatic rings. The fraction of sp³-hybridized carbons (Fsp3) is 0.538. The second-order valence-electron chi connectivity index (χ2n) is 5.52. The van der Waals surface area contributed by atoms with Crippen LogP contribution in [0.5, 0.6) is 0 Å². The van der Waals surface area contributed by atoms with Crippen LogP contribution >= 0.6 is 0 Å². The monoisotopic (exact) mass is 266 g/mol. The number of amides is 1. The van der Waals surface area contributed by atoms with Crippen LogP contribution in [0.2, 0.25) is 0 Å². The number of nitrogens with zero attached hydrogens (tertiary/aromatic N) is 3. The predicted molar refractivity (Wildman–Crippen MR) is 71.2 cm³/mol. The molecule has 0 aromatic carbocycles. The standard InChI is InChI=1S/C13H19FN4O/c1-13(2)8-18(7-6-17(13)3)12(19)9-4-5-16-11(15)10(9)14/h4-5H,6-8H2,1-3H3,(H2,15,16). The van der Waals surface area contributed by atoms with Crippen molar-refractivity contribution in [3.05, 3.63) is 23.6 Å². The summed E-state index contributed by atoms with van der Waals surface area (Å²) >= 11 is 0. The zero-order chi connectivity index (χ0) is 14.2. The van der Waals surface area contributed by atoms with E-state index in [1.807, 2.05) is 7.05 Å². The van der Waals surface area contributed by atoms with Crippen molar-refractivity contribution < 1.29 is 9.18 Å². The molecular formula is C13H19FN4O. The van der Waals surface area contributed by atoms with Gasteiger partial charge in [-0.05, 0) is 27.0 Å². The van der Waals surface area contributed by atoms with E-state index in [0.717, 1.165) is 6.54 Å². The molecule has 6 heteroatoms. The van der Waals surface area contributed by atoms with Crippen LogP contribution in [0.15, 0.2) is 12.3 Å². The van der Waals surface area contributed by atoms with E-state index in [-0.39, 0.29) is 22.8 Å². The molecule has 2 rings (SSSR count). The predicted octanol–water partition coefficient (Wildman–Crippen LogP) is 0.969. The molecule has 1 saturated heterocycles. The van der Waals surface area contributed by atoms with Gasteiger partial charge in [-0.3, -0.25) is 9.69 Å². The lowest BCUT2D eigenvalue weighted by atomic mass is 9.99. The Balaban J connectivity index is 2.23. The molecular weight excluding hydrogens is 247 g/mol. The number of aromatic nitrogens is 1. The zero-order valence-electron chi connectivity index (χ0n) is 11.5. The van der Waals surface area contributed by atoms with Crippen molar-refractivity contribution in [1.82, 2.24) is 14.8 Å². The first-order valence-electron chi connectivity index (χ1n) is 6.23. The molecule has 19 heavy (non-hydrogen) atoms. The third kappa shape index (κ3) is 2.53. The first-order chi connectivity index (χ1) is 8.83. The lowest BCUT2D eigenvalue weighted by molar-refractivity contribution is 0.0308. The van der Waals surface area contributed by atoms with Gasteiger partial charge in [0.15, 0.2) is 11.6 Å². The van der Waals surface area contributed by atoms with Crippen LogP contribution in [0.25, 0.3) is 0 Å². The Hall–Kier alpha value is -1.69. The van der Waals surface area contributed by atoms with Crippen molar-refractivity contribution in [2.24, 2.45) is 0 Å². The second-order valence-corrected chi connectivity index (χ2v) is 5.52. The maximum absolute atomic E-state index is 13.8. The average molecular weight is 266 g/mol. The fourth-order valence-electron chi connectivity index (χ4n) is 2.21. The fourth-order valence-corrected chi connectivity index (χ4v) is 2.21. The molecule has 5 nitrogen and oxygen atoms in total. The molecule has 0 bridgehead atoms. The number of carbonyl (C=O) groups is 1. The first-order valence-corrected chi connectivity index (χ1v) is 6.23. The third-order valence-electron chi connectivity index (χ3n) is 3.75. The van der Waals surface area contributed by atoms with Crippen molar-refractivity contribution >= 4 is 11.7 Å². The van der Waals surface area contributed by atoms with E-state index >= 15 is 0 Å². The lowest BCUT2D eigenvalue weighted by Crippen LogP contribution is -2.58. The van der Waals surface area contributed by atoms with E-state index < -0.39 is 5.82 Å². The number of nitrogen functional groups attached to an aromatic ring is 1. The Morgan fingerprint density at radius 2 is 2.16 bits per heavy atom. The van der Waals surface area contributed by atoms with Crippen molar-refractivity contribution in [3.63, 3.8) is 0 Å². The van der Waals surface area contributed by atoms with Crippen LogP contribution in [0.3, 0.4) is 0 Å². The van der Waals surface area contributed by atoms with Gasteiger partial charge in [-0.15, -0.1) is 0 Å². The van der Waals surface area contributed by atoms with Crippen LogP contribution in [-0.4, -0.2) is 52.9 Å². The van der Waals surface area contributed by atoms with Crippen LogP contribution in [0.1, 0.15) is 24.2 Å².